The van der Waals surface area contributed by atoms with Gasteiger partial charge >= 0.3 is 0 Å². The van der Waals surface area contributed by atoms with Crippen LogP contribution in [0.15, 0.2) is 30.3 Å². The molecule has 0 fully saturated rings. The molecule has 0 atom stereocenters. The van der Waals surface area contributed by atoms with Crippen molar-refractivity contribution < 1.29 is 9.59 Å². The van der Waals surface area contributed by atoms with Crippen molar-refractivity contribution in [3.63, 3.8) is 0 Å². The van der Waals surface area contributed by atoms with Gasteiger partial charge in [-0.15, -0.1) is 11.3 Å². The smallest absolute Gasteiger partial charge is 0.280 e. The van der Waals surface area contributed by atoms with E-state index in [1.54, 1.807) is 0 Å². The average Bonchev–Trinajstić information content (AvgIpc) is 2.93. The van der Waals surface area contributed by atoms with E-state index in [0.717, 1.165) is 22.6 Å². The molecule has 0 radical (unpaired) electrons. The van der Waals surface area contributed by atoms with Gasteiger partial charge in [0.05, 0.1) is 12.1 Å². The van der Waals surface area contributed by atoms with Crippen LogP contribution < -0.4 is 5.32 Å². The van der Waals surface area contributed by atoms with Gasteiger partial charge in [0.15, 0.2) is 5.01 Å². The minimum atomic E-state index is -0.0891. The first kappa shape index (κ1) is 18.6. The van der Waals surface area contributed by atoms with Crippen LogP contribution in [0.2, 0.25) is 0 Å². The molecule has 1 aromatic heterocycles. The van der Waals surface area contributed by atoms with Crippen molar-refractivity contribution in [2.45, 2.75) is 33.1 Å². The van der Waals surface area contributed by atoms with E-state index in [0.29, 0.717) is 43.4 Å². The van der Waals surface area contributed by atoms with Crippen LogP contribution in [0.1, 0.15) is 39.8 Å². The van der Waals surface area contributed by atoms with E-state index in [-0.39, 0.29) is 11.8 Å². The molecule has 1 aliphatic heterocycles. The fraction of sp³-hybridized carbons (Fsp3) is 0.450. The number of aromatic nitrogens is 1. The zero-order chi connectivity index (χ0) is 18.5. The molecule has 2 heterocycles. The molecule has 5 nitrogen and oxygen atoms in total. The second-order valence-corrected chi connectivity index (χ2v) is 8.12. The third-order valence-corrected chi connectivity index (χ3v) is 5.58. The van der Waals surface area contributed by atoms with Crippen molar-refractivity contribution in [2.75, 3.05) is 19.6 Å². The number of carbonyl (C=O) groups excluding carboxylic acids is 2. The summed E-state index contributed by atoms with van der Waals surface area (Å²) in [5.41, 5.74) is 2.01. The molecule has 3 rings (SSSR count). The van der Waals surface area contributed by atoms with E-state index in [1.807, 2.05) is 35.2 Å². The lowest BCUT2D eigenvalue weighted by molar-refractivity contribution is -0.130. The second kappa shape index (κ2) is 8.45. The summed E-state index contributed by atoms with van der Waals surface area (Å²) in [6, 6.07) is 9.83. The van der Waals surface area contributed by atoms with E-state index < -0.39 is 0 Å². The highest BCUT2D eigenvalue weighted by atomic mass is 32.1. The Morgan fingerprint density at radius 1 is 1.19 bits per heavy atom. The number of rotatable bonds is 5. The Labute approximate surface area is 158 Å². The van der Waals surface area contributed by atoms with Crippen LogP contribution in [0.3, 0.4) is 0 Å². The molecule has 1 aliphatic rings. The molecule has 0 aliphatic carbocycles. The minimum Gasteiger partial charge on any atom is -0.350 e. The lowest BCUT2D eigenvalue weighted by Crippen LogP contribution is -2.34. The number of benzene rings is 1. The van der Waals surface area contributed by atoms with Gasteiger partial charge in [-0.1, -0.05) is 44.2 Å². The minimum absolute atomic E-state index is 0.0891. The summed E-state index contributed by atoms with van der Waals surface area (Å²) in [4.78, 5) is 32.3. The summed E-state index contributed by atoms with van der Waals surface area (Å²) in [6.07, 6.45) is 1.92. The highest BCUT2D eigenvalue weighted by Crippen LogP contribution is 2.23. The van der Waals surface area contributed by atoms with Crippen molar-refractivity contribution in [1.82, 2.24) is 15.2 Å². The molecule has 6 heteroatoms. The van der Waals surface area contributed by atoms with Crippen molar-refractivity contribution in [3.05, 3.63) is 51.5 Å². The lowest BCUT2D eigenvalue weighted by Gasteiger charge is -2.20. The largest absolute Gasteiger partial charge is 0.350 e. The van der Waals surface area contributed by atoms with Gasteiger partial charge in [-0.05, 0) is 11.5 Å². The van der Waals surface area contributed by atoms with Gasteiger partial charge in [-0.3, -0.25) is 9.59 Å². The first-order valence-corrected chi connectivity index (χ1v) is 9.93. The topological polar surface area (TPSA) is 62.3 Å². The summed E-state index contributed by atoms with van der Waals surface area (Å²) >= 11 is 1.47. The molecule has 138 valence electrons. The molecular formula is C20H25N3O2S. The number of hydrogen-bond donors (Lipinski definition) is 1. The number of nitrogens with one attached hydrogen (secondary N) is 1. The Hall–Kier alpha value is -2.21. The Balaban J connectivity index is 1.59. The highest BCUT2D eigenvalue weighted by Gasteiger charge is 2.23. The van der Waals surface area contributed by atoms with Gasteiger partial charge < -0.3 is 10.2 Å². The predicted octanol–water partition coefficient (Wildman–Crippen LogP) is 2.70. The van der Waals surface area contributed by atoms with Crippen molar-refractivity contribution in [2.24, 2.45) is 5.92 Å². The summed E-state index contributed by atoms with van der Waals surface area (Å²) in [7, 11) is 0. The SMILES string of the molecule is CC(C)CNC(=O)c1nc2c(s1)CCN(C(=O)Cc1ccccc1)CC2. The molecule has 0 spiro atoms. The first-order chi connectivity index (χ1) is 12.5. The van der Waals surface area contributed by atoms with E-state index in [1.165, 1.54) is 11.3 Å². The summed E-state index contributed by atoms with van der Waals surface area (Å²) in [5, 5.41) is 3.46. The third kappa shape index (κ3) is 4.69. The van der Waals surface area contributed by atoms with E-state index >= 15 is 0 Å². The third-order valence-electron chi connectivity index (χ3n) is 4.42. The maximum atomic E-state index is 12.6. The van der Waals surface area contributed by atoms with Crippen LogP contribution in [0.5, 0.6) is 0 Å². The van der Waals surface area contributed by atoms with Gasteiger partial charge in [0.25, 0.3) is 5.91 Å². The summed E-state index contributed by atoms with van der Waals surface area (Å²) in [6.45, 7) is 6.14. The van der Waals surface area contributed by atoms with Crippen molar-refractivity contribution in [1.29, 1.82) is 0 Å². The number of fused-ring (bicyclic) bond motifs is 1. The number of nitrogens with zero attached hydrogens (tertiary/aromatic N) is 2. The van der Waals surface area contributed by atoms with Gasteiger partial charge in [-0.2, -0.15) is 0 Å². The molecule has 0 bridgehead atoms. The van der Waals surface area contributed by atoms with Crippen LogP contribution in [-0.2, 0) is 24.1 Å². The molecule has 1 aromatic carbocycles. The van der Waals surface area contributed by atoms with E-state index in [9.17, 15) is 9.59 Å². The Morgan fingerprint density at radius 2 is 1.92 bits per heavy atom. The summed E-state index contributed by atoms with van der Waals surface area (Å²) < 4.78 is 0. The fourth-order valence-electron chi connectivity index (χ4n) is 2.96. The Kier molecular flexibility index (Phi) is 6.04. The maximum absolute atomic E-state index is 12.6. The second-order valence-electron chi connectivity index (χ2n) is 7.04. The molecule has 0 saturated heterocycles. The number of carbonyl (C=O) groups is 2. The normalized spacial score (nSPS) is 14.0. The predicted molar refractivity (Wildman–Crippen MR) is 103 cm³/mol. The molecule has 2 aromatic rings. The van der Waals surface area contributed by atoms with Crippen molar-refractivity contribution in [3.8, 4) is 0 Å². The Morgan fingerprint density at radius 3 is 2.65 bits per heavy atom. The molecule has 26 heavy (non-hydrogen) atoms. The molecule has 0 unspecified atom stereocenters. The van der Waals surface area contributed by atoms with Gasteiger partial charge in [0.1, 0.15) is 0 Å². The standard InChI is InChI=1S/C20H25N3O2S/c1-14(2)13-21-19(25)20-22-16-8-10-23(11-9-17(16)26-20)18(24)12-15-6-4-3-5-7-15/h3-7,14H,8-13H2,1-2H3,(H,21,25). The molecule has 2 amide bonds. The Bertz CT molecular complexity index is 745. The summed E-state index contributed by atoms with van der Waals surface area (Å²) in [5.74, 6) is 0.482. The fourth-order valence-corrected chi connectivity index (χ4v) is 3.98. The molecule has 1 N–H and O–H groups in total. The zero-order valence-electron chi connectivity index (χ0n) is 15.3. The molecular weight excluding hydrogens is 346 g/mol. The maximum Gasteiger partial charge on any atom is 0.280 e. The van der Waals surface area contributed by atoms with Crippen molar-refractivity contribution >= 4 is 23.2 Å². The van der Waals surface area contributed by atoms with Crippen LogP contribution in [0.4, 0.5) is 0 Å². The van der Waals surface area contributed by atoms with E-state index in [2.05, 4.69) is 24.1 Å². The van der Waals surface area contributed by atoms with E-state index in [4.69, 9.17) is 0 Å². The number of amides is 2. The monoisotopic (exact) mass is 371 g/mol. The number of thiazole rings is 1. The zero-order valence-corrected chi connectivity index (χ0v) is 16.1. The van der Waals surface area contributed by atoms with Crippen LogP contribution >= 0.6 is 11.3 Å². The first-order valence-electron chi connectivity index (χ1n) is 9.11. The number of hydrogen-bond acceptors (Lipinski definition) is 4. The quantitative estimate of drug-likeness (QED) is 0.879. The van der Waals surface area contributed by atoms with Crippen LogP contribution in [0.25, 0.3) is 0 Å². The van der Waals surface area contributed by atoms with Crippen LogP contribution in [-0.4, -0.2) is 41.3 Å². The van der Waals surface area contributed by atoms with Gasteiger partial charge in [0, 0.05) is 37.4 Å². The highest BCUT2D eigenvalue weighted by molar-refractivity contribution is 7.13. The average molecular weight is 372 g/mol. The lowest BCUT2D eigenvalue weighted by atomic mass is 10.1. The molecule has 0 saturated carbocycles. The van der Waals surface area contributed by atoms with Gasteiger partial charge in [-0.25, -0.2) is 4.98 Å². The van der Waals surface area contributed by atoms with Crippen LogP contribution in [0, 0.1) is 5.92 Å². The van der Waals surface area contributed by atoms with Gasteiger partial charge in [0.2, 0.25) is 5.91 Å².